The van der Waals surface area contributed by atoms with Gasteiger partial charge < -0.3 is 9.88 Å². The summed E-state index contributed by atoms with van der Waals surface area (Å²) in [6.45, 7) is 8.36. The molecule has 0 aliphatic heterocycles. The summed E-state index contributed by atoms with van der Waals surface area (Å²) in [5, 5.41) is 7.26. The molecule has 0 saturated carbocycles. The fraction of sp³-hybridized carbons (Fsp3) is 0.318. The quantitative estimate of drug-likeness (QED) is 0.706. The van der Waals surface area contributed by atoms with Gasteiger partial charge in [0.15, 0.2) is 0 Å². The van der Waals surface area contributed by atoms with E-state index >= 15 is 0 Å². The van der Waals surface area contributed by atoms with Crippen LogP contribution in [0.2, 0.25) is 0 Å². The van der Waals surface area contributed by atoms with Crippen LogP contribution < -0.4 is 10.9 Å². The van der Waals surface area contributed by atoms with E-state index in [1.807, 2.05) is 63.2 Å². The fourth-order valence-corrected chi connectivity index (χ4v) is 3.32. The van der Waals surface area contributed by atoms with Crippen LogP contribution in [-0.4, -0.2) is 20.3 Å². The summed E-state index contributed by atoms with van der Waals surface area (Å²) in [5.74, 6) is 0.198. The summed E-state index contributed by atoms with van der Waals surface area (Å²) < 4.78 is 3.36. The highest BCUT2D eigenvalue weighted by Gasteiger charge is 2.20. The number of anilines is 1. The number of nitrogens with zero attached hydrogens (tertiary/aromatic N) is 3. The second-order valence-electron chi connectivity index (χ2n) is 7.02. The highest BCUT2D eigenvalue weighted by molar-refractivity contribution is 6.04. The van der Waals surface area contributed by atoms with Gasteiger partial charge in [-0.15, -0.1) is 0 Å². The van der Waals surface area contributed by atoms with Crippen LogP contribution in [0.5, 0.6) is 0 Å². The van der Waals surface area contributed by atoms with Crippen LogP contribution in [0, 0.1) is 13.8 Å². The van der Waals surface area contributed by atoms with Crippen LogP contribution in [0.3, 0.4) is 0 Å². The number of aryl methyl sites for hydroxylation is 3. The van der Waals surface area contributed by atoms with Crippen molar-refractivity contribution in [3.05, 3.63) is 81.4 Å². The van der Waals surface area contributed by atoms with E-state index in [-0.39, 0.29) is 17.2 Å². The van der Waals surface area contributed by atoms with Gasteiger partial charge in [0.1, 0.15) is 11.4 Å². The van der Waals surface area contributed by atoms with Crippen molar-refractivity contribution in [3.63, 3.8) is 0 Å². The van der Waals surface area contributed by atoms with Crippen LogP contribution in [0.15, 0.2) is 53.5 Å². The molecule has 6 nitrogen and oxygen atoms in total. The van der Waals surface area contributed by atoms with Crippen molar-refractivity contribution in [2.24, 2.45) is 0 Å². The number of carbonyl (C=O) groups is 1. The standard InChI is InChI=1S/C22H26N4O2/c1-5-12-26-19(14-16(3)24-26)23-21(27)20-15(2)11-13-25(22(20)28)17(4)18-9-7-6-8-10-18/h6-11,13-14,17H,5,12H2,1-4H3,(H,23,27). The van der Waals surface area contributed by atoms with E-state index in [9.17, 15) is 9.59 Å². The summed E-state index contributed by atoms with van der Waals surface area (Å²) in [5.41, 5.74) is 2.34. The molecule has 3 aromatic rings. The van der Waals surface area contributed by atoms with Crippen LogP contribution in [0.4, 0.5) is 5.82 Å². The third kappa shape index (κ3) is 3.91. The van der Waals surface area contributed by atoms with E-state index in [2.05, 4.69) is 10.4 Å². The van der Waals surface area contributed by atoms with Gasteiger partial charge in [-0.2, -0.15) is 5.10 Å². The zero-order valence-corrected chi connectivity index (χ0v) is 16.8. The Morgan fingerprint density at radius 1 is 1.18 bits per heavy atom. The molecule has 6 heteroatoms. The molecule has 0 fully saturated rings. The van der Waals surface area contributed by atoms with Gasteiger partial charge in [0, 0.05) is 18.8 Å². The van der Waals surface area contributed by atoms with Gasteiger partial charge >= 0.3 is 0 Å². The molecule has 1 unspecified atom stereocenters. The number of benzene rings is 1. The minimum Gasteiger partial charge on any atom is -0.308 e. The molecule has 2 aromatic heterocycles. The summed E-state index contributed by atoms with van der Waals surface area (Å²) in [6.07, 6.45) is 2.65. The molecule has 28 heavy (non-hydrogen) atoms. The normalized spacial score (nSPS) is 12.0. The number of rotatable bonds is 6. The van der Waals surface area contributed by atoms with E-state index in [4.69, 9.17) is 0 Å². The summed E-state index contributed by atoms with van der Waals surface area (Å²) in [6, 6.07) is 13.2. The number of carbonyl (C=O) groups excluding carboxylic acids is 1. The number of hydrogen-bond donors (Lipinski definition) is 1. The lowest BCUT2D eigenvalue weighted by atomic mass is 10.1. The smallest absolute Gasteiger partial charge is 0.264 e. The van der Waals surface area contributed by atoms with Gasteiger partial charge in [-0.3, -0.25) is 9.59 Å². The summed E-state index contributed by atoms with van der Waals surface area (Å²) in [7, 11) is 0. The predicted molar refractivity (Wildman–Crippen MR) is 111 cm³/mol. The number of amides is 1. The first kappa shape index (κ1) is 19.6. The van der Waals surface area contributed by atoms with Gasteiger partial charge in [-0.25, -0.2) is 4.68 Å². The van der Waals surface area contributed by atoms with Crippen LogP contribution >= 0.6 is 0 Å². The topological polar surface area (TPSA) is 68.9 Å². The van der Waals surface area contributed by atoms with Gasteiger partial charge in [0.2, 0.25) is 0 Å². The first-order chi connectivity index (χ1) is 13.4. The van der Waals surface area contributed by atoms with E-state index in [1.54, 1.807) is 22.4 Å². The molecule has 1 atom stereocenters. The Hall–Kier alpha value is -3.15. The second-order valence-corrected chi connectivity index (χ2v) is 7.02. The Morgan fingerprint density at radius 3 is 2.57 bits per heavy atom. The molecule has 1 N–H and O–H groups in total. The minimum absolute atomic E-state index is 0.159. The van der Waals surface area contributed by atoms with Crippen molar-refractivity contribution in [3.8, 4) is 0 Å². The molecule has 0 spiro atoms. The van der Waals surface area contributed by atoms with Crippen LogP contribution in [0.1, 0.15) is 53.5 Å². The van der Waals surface area contributed by atoms with E-state index in [1.165, 1.54) is 0 Å². The molecule has 2 heterocycles. The maximum absolute atomic E-state index is 13.1. The van der Waals surface area contributed by atoms with Gasteiger partial charge in [0.05, 0.1) is 11.7 Å². The molecule has 3 rings (SSSR count). The van der Waals surface area contributed by atoms with Crippen LogP contribution in [0.25, 0.3) is 0 Å². The van der Waals surface area contributed by atoms with Crippen molar-refractivity contribution in [2.45, 2.75) is 46.7 Å². The predicted octanol–water partition coefficient (Wildman–Crippen LogP) is 3.93. The average Bonchev–Trinajstić information content (AvgIpc) is 3.01. The van der Waals surface area contributed by atoms with Gasteiger partial charge in [-0.1, -0.05) is 37.3 Å². The Kier molecular flexibility index (Phi) is 5.78. The van der Waals surface area contributed by atoms with Gasteiger partial charge in [-0.05, 0) is 44.4 Å². The van der Waals surface area contributed by atoms with E-state index in [0.717, 1.165) is 17.7 Å². The fourth-order valence-electron chi connectivity index (χ4n) is 3.32. The first-order valence-electron chi connectivity index (χ1n) is 9.54. The Bertz CT molecular complexity index is 1030. The van der Waals surface area contributed by atoms with Crippen molar-refractivity contribution in [2.75, 3.05) is 5.32 Å². The Labute approximate surface area is 164 Å². The van der Waals surface area contributed by atoms with Crippen molar-refractivity contribution in [1.82, 2.24) is 14.3 Å². The zero-order chi connectivity index (χ0) is 20.3. The molecule has 0 bridgehead atoms. The first-order valence-corrected chi connectivity index (χ1v) is 9.54. The number of pyridine rings is 1. The number of hydrogen-bond acceptors (Lipinski definition) is 3. The Balaban J connectivity index is 1.96. The largest absolute Gasteiger partial charge is 0.308 e. The third-order valence-electron chi connectivity index (χ3n) is 4.83. The van der Waals surface area contributed by atoms with Crippen LogP contribution in [-0.2, 0) is 6.54 Å². The lowest BCUT2D eigenvalue weighted by Gasteiger charge is -2.18. The molecule has 0 aliphatic rings. The summed E-state index contributed by atoms with van der Waals surface area (Å²) >= 11 is 0. The van der Waals surface area contributed by atoms with E-state index < -0.39 is 5.91 Å². The lowest BCUT2D eigenvalue weighted by Crippen LogP contribution is -2.32. The van der Waals surface area contributed by atoms with Crippen molar-refractivity contribution < 1.29 is 4.79 Å². The van der Waals surface area contributed by atoms with Crippen molar-refractivity contribution >= 4 is 11.7 Å². The average molecular weight is 378 g/mol. The zero-order valence-electron chi connectivity index (χ0n) is 16.8. The summed E-state index contributed by atoms with van der Waals surface area (Å²) in [4.78, 5) is 26.1. The Morgan fingerprint density at radius 2 is 1.89 bits per heavy atom. The SMILES string of the molecule is CCCn1nc(C)cc1NC(=O)c1c(C)ccn(C(C)c2ccccc2)c1=O. The maximum atomic E-state index is 13.1. The molecular weight excluding hydrogens is 352 g/mol. The van der Waals surface area contributed by atoms with Crippen molar-refractivity contribution in [1.29, 1.82) is 0 Å². The molecule has 0 aliphatic carbocycles. The molecule has 146 valence electrons. The molecule has 0 saturated heterocycles. The maximum Gasteiger partial charge on any atom is 0.264 e. The molecule has 1 aromatic carbocycles. The minimum atomic E-state index is -0.408. The highest BCUT2D eigenvalue weighted by atomic mass is 16.2. The lowest BCUT2D eigenvalue weighted by molar-refractivity contribution is 0.102. The highest BCUT2D eigenvalue weighted by Crippen LogP contribution is 2.17. The number of aromatic nitrogens is 3. The molecule has 0 radical (unpaired) electrons. The monoisotopic (exact) mass is 378 g/mol. The molecular formula is C22H26N4O2. The van der Waals surface area contributed by atoms with E-state index in [0.29, 0.717) is 17.9 Å². The second kappa shape index (κ2) is 8.25. The van der Waals surface area contributed by atoms with Gasteiger partial charge in [0.25, 0.3) is 11.5 Å². The number of nitrogens with one attached hydrogen (secondary N) is 1. The third-order valence-corrected chi connectivity index (χ3v) is 4.83. The molecule has 1 amide bonds.